The average molecular weight is 338 g/mol. The van der Waals surface area contributed by atoms with E-state index in [0.717, 1.165) is 35.0 Å². The summed E-state index contributed by atoms with van der Waals surface area (Å²) in [6.07, 6.45) is 3.36. The minimum Gasteiger partial charge on any atom is -0.457 e. The summed E-state index contributed by atoms with van der Waals surface area (Å²) >= 11 is 0. The van der Waals surface area contributed by atoms with Gasteiger partial charge in [0.2, 0.25) is 0 Å². The van der Waals surface area contributed by atoms with Gasteiger partial charge < -0.3 is 14.2 Å². The molecule has 25 heavy (non-hydrogen) atoms. The fraction of sp³-hybridized carbons (Fsp3) is 0.400. The van der Waals surface area contributed by atoms with Crippen molar-refractivity contribution in [3.63, 3.8) is 0 Å². The maximum Gasteiger partial charge on any atom is 0.338 e. The van der Waals surface area contributed by atoms with Crippen LogP contribution < -0.4 is 0 Å². The Morgan fingerprint density at radius 3 is 3.00 bits per heavy atom. The zero-order valence-corrected chi connectivity index (χ0v) is 14.8. The highest BCUT2D eigenvalue weighted by Crippen LogP contribution is 2.32. The molecule has 0 unspecified atom stereocenters. The van der Waals surface area contributed by atoms with Crippen LogP contribution in [-0.2, 0) is 24.2 Å². The summed E-state index contributed by atoms with van der Waals surface area (Å²) in [6.45, 7) is 6.13. The quantitative estimate of drug-likeness (QED) is 0.725. The monoisotopic (exact) mass is 338 g/mol. The molecule has 0 saturated heterocycles. The maximum absolute atomic E-state index is 12.5. The van der Waals surface area contributed by atoms with Gasteiger partial charge in [-0.2, -0.15) is 0 Å². The van der Waals surface area contributed by atoms with Crippen molar-refractivity contribution in [2.75, 3.05) is 0 Å². The van der Waals surface area contributed by atoms with E-state index in [0.29, 0.717) is 17.2 Å². The van der Waals surface area contributed by atoms with Gasteiger partial charge in [-0.3, -0.25) is 0 Å². The van der Waals surface area contributed by atoms with Crippen LogP contribution in [0.5, 0.6) is 0 Å². The summed E-state index contributed by atoms with van der Waals surface area (Å²) in [4.78, 5) is 16.0. The molecule has 130 valence electrons. The van der Waals surface area contributed by atoms with Crippen molar-refractivity contribution in [2.45, 2.75) is 46.6 Å². The molecule has 4 rings (SSSR count). The Bertz CT molecular complexity index is 932. The van der Waals surface area contributed by atoms with E-state index in [1.54, 1.807) is 0 Å². The standard InChI is InChI=1S/C20H22N2O3/c1-11-4-6-18-15(8-11)16-9-14(5-7-19(16)21-18)20(23)24-10-17-12(2)22-25-13(17)3/h5,7,9,11,21H,4,6,8,10H2,1-3H3/t11-/m0/s1. The largest absolute Gasteiger partial charge is 0.457 e. The number of aryl methyl sites for hydroxylation is 3. The number of hydrogen-bond acceptors (Lipinski definition) is 4. The zero-order chi connectivity index (χ0) is 17.6. The third-order valence-corrected chi connectivity index (χ3v) is 5.20. The highest BCUT2D eigenvalue weighted by Gasteiger charge is 2.21. The van der Waals surface area contributed by atoms with Gasteiger partial charge in [0.05, 0.1) is 16.8 Å². The van der Waals surface area contributed by atoms with E-state index in [1.807, 2.05) is 32.0 Å². The lowest BCUT2D eigenvalue weighted by molar-refractivity contribution is 0.0471. The van der Waals surface area contributed by atoms with Crippen LogP contribution in [0.3, 0.4) is 0 Å². The Morgan fingerprint density at radius 1 is 1.40 bits per heavy atom. The fourth-order valence-electron chi connectivity index (χ4n) is 3.65. The van der Waals surface area contributed by atoms with Crippen LogP contribution in [0.4, 0.5) is 0 Å². The molecule has 2 heterocycles. The fourth-order valence-corrected chi connectivity index (χ4v) is 3.65. The number of ether oxygens (including phenoxy) is 1. The molecule has 1 aliphatic rings. The van der Waals surface area contributed by atoms with Gasteiger partial charge >= 0.3 is 5.97 Å². The molecule has 5 heteroatoms. The van der Waals surface area contributed by atoms with Gasteiger partial charge in [0.25, 0.3) is 0 Å². The van der Waals surface area contributed by atoms with E-state index in [2.05, 4.69) is 17.1 Å². The first-order chi connectivity index (χ1) is 12.0. The Balaban J connectivity index is 1.58. The summed E-state index contributed by atoms with van der Waals surface area (Å²) < 4.78 is 10.6. The lowest BCUT2D eigenvalue weighted by atomic mass is 9.87. The summed E-state index contributed by atoms with van der Waals surface area (Å²) in [5.74, 6) is 1.05. The van der Waals surface area contributed by atoms with Crippen LogP contribution in [0.2, 0.25) is 0 Å². The molecule has 0 bridgehead atoms. The SMILES string of the molecule is Cc1noc(C)c1COC(=O)c1ccc2[nH]c3c(c2c1)C[C@@H](C)CC3. The molecule has 0 aliphatic heterocycles. The number of hydrogen-bond donors (Lipinski definition) is 1. The number of nitrogens with zero attached hydrogens (tertiary/aromatic N) is 1. The predicted molar refractivity (Wildman–Crippen MR) is 94.6 cm³/mol. The number of aromatic nitrogens is 2. The van der Waals surface area contributed by atoms with Crippen LogP contribution >= 0.6 is 0 Å². The smallest absolute Gasteiger partial charge is 0.338 e. The Labute approximate surface area is 146 Å². The number of carbonyl (C=O) groups is 1. The topological polar surface area (TPSA) is 68.1 Å². The number of carbonyl (C=O) groups excluding carboxylic acids is 1. The van der Waals surface area contributed by atoms with E-state index in [1.165, 1.54) is 17.7 Å². The normalized spacial score (nSPS) is 16.8. The van der Waals surface area contributed by atoms with E-state index >= 15 is 0 Å². The van der Waals surface area contributed by atoms with Gasteiger partial charge in [-0.15, -0.1) is 0 Å². The Kier molecular flexibility index (Phi) is 3.86. The zero-order valence-electron chi connectivity index (χ0n) is 14.8. The third-order valence-electron chi connectivity index (χ3n) is 5.20. The van der Waals surface area contributed by atoms with Crippen LogP contribution in [-0.4, -0.2) is 16.1 Å². The van der Waals surface area contributed by atoms with Crippen LogP contribution in [0.15, 0.2) is 22.7 Å². The van der Waals surface area contributed by atoms with Gasteiger partial charge in [-0.1, -0.05) is 12.1 Å². The summed E-state index contributed by atoms with van der Waals surface area (Å²) in [7, 11) is 0. The summed E-state index contributed by atoms with van der Waals surface area (Å²) in [6, 6.07) is 5.76. The molecule has 0 spiro atoms. The first-order valence-electron chi connectivity index (χ1n) is 8.75. The van der Waals surface area contributed by atoms with Gasteiger partial charge in [0, 0.05) is 16.6 Å². The molecule has 2 aromatic heterocycles. The van der Waals surface area contributed by atoms with Crippen LogP contribution in [0.1, 0.15) is 52.0 Å². The van der Waals surface area contributed by atoms with Crippen molar-refractivity contribution in [2.24, 2.45) is 5.92 Å². The minimum absolute atomic E-state index is 0.181. The molecular formula is C20H22N2O3. The molecule has 5 nitrogen and oxygen atoms in total. The lowest BCUT2D eigenvalue weighted by Crippen LogP contribution is -2.10. The lowest BCUT2D eigenvalue weighted by Gasteiger charge is -2.18. The minimum atomic E-state index is -0.319. The molecule has 0 radical (unpaired) electrons. The molecule has 1 aliphatic carbocycles. The van der Waals surface area contributed by atoms with Crippen molar-refractivity contribution < 1.29 is 14.1 Å². The summed E-state index contributed by atoms with van der Waals surface area (Å²) in [5.41, 5.74) is 5.95. The molecular weight excluding hydrogens is 316 g/mol. The van der Waals surface area contributed by atoms with Crippen molar-refractivity contribution in [1.29, 1.82) is 0 Å². The number of fused-ring (bicyclic) bond motifs is 3. The van der Waals surface area contributed by atoms with Gasteiger partial charge in [0.1, 0.15) is 12.4 Å². The van der Waals surface area contributed by atoms with Crippen LogP contribution in [0.25, 0.3) is 10.9 Å². The van der Waals surface area contributed by atoms with Crippen molar-refractivity contribution in [1.82, 2.24) is 10.1 Å². The van der Waals surface area contributed by atoms with E-state index < -0.39 is 0 Å². The second kappa shape index (κ2) is 6.06. The molecule has 3 aromatic rings. The number of benzene rings is 1. The third kappa shape index (κ3) is 2.84. The number of rotatable bonds is 3. The predicted octanol–water partition coefficient (Wildman–Crippen LogP) is 4.25. The van der Waals surface area contributed by atoms with Gasteiger partial charge in [-0.25, -0.2) is 4.79 Å². The van der Waals surface area contributed by atoms with Gasteiger partial charge in [-0.05, 0) is 62.8 Å². The number of H-pyrrole nitrogens is 1. The molecule has 0 fully saturated rings. The number of aromatic amines is 1. The second-order valence-corrected chi connectivity index (χ2v) is 7.07. The van der Waals surface area contributed by atoms with E-state index in [4.69, 9.17) is 9.26 Å². The highest BCUT2D eigenvalue weighted by molar-refractivity contribution is 5.96. The van der Waals surface area contributed by atoms with E-state index in [9.17, 15) is 4.79 Å². The molecule has 0 saturated carbocycles. The molecule has 1 atom stereocenters. The first kappa shape index (κ1) is 15.9. The number of esters is 1. The molecule has 0 amide bonds. The average Bonchev–Trinajstić information content (AvgIpc) is 3.12. The van der Waals surface area contributed by atoms with E-state index in [-0.39, 0.29) is 12.6 Å². The Hall–Kier alpha value is -2.56. The van der Waals surface area contributed by atoms with Crippen molar-refractivity contribution in [3.8, 4) is 0 Å². The maximum atomic E-state index is 12.5. The van der Waals surface area contributed by atoms with Gasteiger partial charge in [0.15, 0.2) is 0 Å². The second-order valence-electron chi connectivity index (χ2n) is 7.07. The molecule has 1 aromatic carbocycles. The highest BCUT2D eigenvalue weighted by atomic mass is 16.5. The summed E-state index contributed by atoms with van der Waals surface area (Å²) in [5, 5.41) is 5.03. The van der Waals surface area contributed by atoms with Crippen LogP contribution in [0, 0.1) is 19.8 Å². The van der Waals surface area contributed by atoms with Crippen molar-refractivity contribution in [3.05, 3.63) is 52.0 Å². The molecule has 1 N–H and O–H groups in total. The number of nitrogens with one attached hydrogen (secondary N) is 1. The Morgan fingerprint density at radius 2 is 2.24 bits per heavy atom. The first-order valence-corrected chi connectivity index (χ1v) is 8.75. The van der Waals surface area contributed by atoms with Crippen molar-refractivity contribution >= 4 is 16.9 Å².